The SMILES string of the molecule is COC=NC(C)(C)N. The number of nitrogens with two attached hydrogens (primary N) is 1. The van der Waals surface area contributed by atoms with Crippen molar-refractivity contribution in [2.75, 3.05) is 7.11 Å². The highest BCUT2D eigenvalue weighted by molar-refractivity contribution is 5.46. The van der Waals surface area contributed by atoms with E-state index in [1.54, 1.807) is 13.8 Å². The highest BCUT2D eigenvalue weighted by Gasteiger charge is 2.03. The Hall–Kier alpha value is -0.570. The highest BCUT2D eigenvalue weighted by Crippen LogP contribution is 1.94. The average Bonchev–Trinajstić information content (AvgIpc) is 1.59. The molecular formula is C5H12N2O. The van der Waals surface area contributed by atoms with Crippen LogP contribution >= 0.6 is 0 Å². The standard InChI is InChI=1S/C5H12N2O/c1-5(2,6)7-4-8-3/h4H,6H2,1-3H3. The van der Waals surface area contributed by atoms with Crippen molar-refractivity contribution in [1.82, 2.24) is 0 Å². The third-order valence-corrected chi connectivity index (χ3v) is 0.491. The van der Waals surface area contributed by atoms with Gasteiger partial charge in [-0.15, -0.1) is 0 Å². The molecule has 0 spiro atoms. The van der Waals surface area contributed by atoms with E-state index in [9.17, 15) is 0 Å². The molecule has 0 saturated carbocycles. The van der Waals surface area contributed by atoms with Crippen LogP contribution in [0.3, 0.4) is 0 Å². The number of hydrogen-bond donors (Lipinski definition) is 1. The zero-order valence-corrected chi connectivity index (χ0v) is 5.51. The Morgan fingerprint density at radius 3 is 2.25 bits per heavy atom. The molecule has 48 valence electrons. The minimum Gasteiger partial charge on any atom is -0.487 e. The van der Waals surface area contributed by atoms with Gasteiger partial charge in [-0.3, -0.25) is 0 Å². The second-order valence-electron chi connectivity index (χ2n) is 2.12. The Morgan fingerprint density at radius 2 is 2.12 bits per heavy atom. The van der Waals surface area contributed by atoms with Crippen LogP contribution in [0, 0.1) is 0 Å². The summed E-state index contributed by atoms with van der Waals surface area (Å²) in [5.41, 5.74) is 4.94. The summed E-state index contributed by atoms with van der Waals surface area (Å²) < 4.78 is 4.55. The van der Waals surface area contributed by atoms with E-state index in [1.807, 2.05) is 0 Å². The van der Waals surface area contributed by atoms with Crippen molar-refractivity contribution >= 4 is 6.40 Å². The van der Waals surface area contributed by atoms with Crippen LogP contribution in [0.4, 0.5) is 0 Å². The zero-order valence-electron chi connectivity index (χ0n) is 5.51. The van der Waals surface area contributed by atoms with Gasteiger partial charge in [-0.1, -0.05) is 0 Å². The van der Waals surface area contributed by atoms with Crippen molar-refractivity contribution in [3.63, 3.8) is 0 Å². The number of aliphatic imine (C=N–C) groups is 1. The van der Waals surface area contributed by atoms with Gasteiger partial charge in [0.1, 0.15) is 5.66 Å². The lowest BCUT2D eigenvalue weighted by Crippen LogP contribution is -2.29. The van der Waals surface area contributed by atoms with E-state index in [-0.39, 0.29) is 0 Å². The Morgan fingerprint density at radius 1 is 1.62 bits per heavy atom. The third-order valence-electron chi connectivity index (χ3n) is 0.491. The first kappa shape index (κ1) is 7.43. The zero-order chi connectivity index (χ0) is 6.62. The fraction of sp³-hybridized carbons (Fsp3) is 0.800. The summed E-state index contributed by atoms with van der Waals surface area (Å²) >= 11 is 0. The fourth-order valence-corrected chi connectivity index (χ4v) is 0.189. The predicted octanol–water partition coefficient (Wildman–Crippen LogP) is 0.356. The molecule has 3 nitrogen and oxygen atoms in total. The van der Waals surface area contributed by atoms with Crippen LogP contribution in [0.1, 0.15) is 13.8 Å². The molecule has 0 unspecified atom stereocenters. The van der Waals surface area contributed by atoms with Crippen molar-refractivity contribution < 1.29 is 4.74 Å². The molecule has 0 radical (unpaired) electrons. The molecule has 0 rings (SSSR count). The van der Waals surface area contributed by atoms with E-state index < -0.39 is 5.66 Å². The summed E-state index contributed by atoms with van der Waals surface area (Å²) in [7, 11) is 1.54. The van der Waals surface area contributed by atoms with Gasteiger partial charge in [0.05, 0.1) is 7.11 Å². The van der Waals surface area contributed by atoms with Gasteiger partial charge in [-0.05, 0) is 13.8 Å². The van der Waals surface area contributed by atoms with Crippen LogP contribution < -0.4 is 5.73 Å². The first-order valence-electron chi connectivity index (χ1n) is 2.41. The van der Waals surface area contributed by atoms with Crippen molar-refractivity contribution in [2.45, 2.75) is 19.5 Å². The minimum atomic E-state index is -0.504. The predicted molar refractivity (Wildman–Crippen MR) is 33.8 cm³/mol. The van der Waals surface area contributed by atoms with Gasteiger partial charge >= 0.3 is 0 Å². The van der Waals surface area contributed by atoms with Crippen LogP contribution in [-0.4, -0.2) is 19.2 Å². The summed E-state index contributed by atoms with van der Waals surface area (Å²) in [4.78, 5) is 3.81. The van der Waals surface area contributed by atoms with E-state index in [0.717, 1.165) is 0 Å². The molecule has 0 bridgehead atoms. The lowest BCUT2D eigenvalue weighted by atomic mass is 10.3. The van der Waals surface area contributed by atoms with Crippen LogP contribution in [0.2, 0.25) is 0 Å². The fourth-order valence-electron chi connectivity index (χ4n) is 0.189. The molecule has 0 heterocycles. The number of hydrogen-bond acceptors (Lipinski definition) is 3. The van der Waals surface area contributed by atoms with Gasteiger partial charge in [-0.25, -0.2) is 4.99 Å². The molecule has 0 aliphatic heterocycles. The maximum absolute atomic E-state index is 5.44. The highest BCUT2D eigenvalue weighted by atomic mass is 16.5. The molecule has 0 aromatic heterocycles. The molecule has 0 aromatic rings. The maximum Gasteiger partial charge on any atom is 0.170 e. The third kappa shape index (κ3) is 5.43. The van der Waals surface area contributed by atoms with Crippen LogP contribution in [0.5, 0.6) is 0 Å². The Bertz CT molecular complexity index is 82.9. The molecule has 0 aliphatic rings. The van der Waals surface area contributed by atoms with E-state index in [4.69, 9.17) is 5.73 Å². The molecule has 8 heavy (non-hydrogen) atoms. The van der Waals surface area contributed by atoms with Crippen molar-refractivity contribution in [1.29, 1.82) is 0 Å². The summed E-state index contributed by atoms with van der Waals surface area (Å²) in [6, 6.07) is 0. The molecule has 0 amide bonds. The second kappa shape index (κ2) is 2.67. The molecule has 0 fully saturated rings. The molecule has 0 aromatic carbocycles. The summed E-state index contributed by atoms with van der Waals surface area (Å²) in [6.45, 7) is 3.59. The monoisotopic (exact) mass is 116 g/mol. The van der Waals surface area contributed by atoms with Gasteiger partial charge in [0.2, 0.25) is 0 Å². The van der Waals surface area contributed by atoms with E-state index in [1.165, 1.54) is 13.5 Å². The number of nitrogens with zero attached hydrogens (tertiary/aromatic N) is 1. The normalized spacial score (nSPS) is 12.5. The number of methoxy groups -OCH3 is 1. The van der Waals surface area contributed by atoms with Gasteiger partial charge in [0.25, 0.3) is 0 Å². The van der Waals surface area contributed by atoms with Gasteiger partial charge in [0.15, 0.2) is 6.40 Å². The Labute approximate surface area is 49.5 Å². The second-order valence-corrected chi connectivity index (χ2v) is 2.12. The molecule has 0 atom stereocenters. The van der Waals surface area contributed by atoms with Gasteiger partial charge in [-0.2, -0.15) is 0 Å². The van der Waals surface area contributed by atoms with E-state index in [0.29, 0.717) is 0 Å². The lowest BCUT2D eigenvalue weighted by molar-refractivity contribution is 0.408. The van der Waals surface area contributed by atoms with Gasteiger partial charge in [0, 0.05) is 0 Å². The number of rotatable bonds is 2. The minimum absolute atomic E-state index is 0.504. The van der Waals surface area contributed by atoms with E-state index in [2.05, 4.69) is 9.73 Å². The first-order chi connectivity index (χ1) is 3.56. The number of ether oxygens (including phenoxy) is 1. The summed E-state index contributed by atoms with van der Waals surface area (Å²) in [6.07, 6.45) is 1.33. The Balaban J connectivity index is 3.52. The Kier molecular flexibility index (Phi) is 2.48. The van der Waals surface area contributed by atoms with Crippen LogP contribution in [0.15, 0.2) is 4.99 Å². The molecule has 2 N–H and O–H groups in total. The first-order valence-corrected chi connectivity index (χ1v) is 2.41. The summed E-state index contributed by atoms with van der Waals surface area (Å²) in [5.74, 6) is 0. The molecule has 0 saturated heterocycles. The van der Waals surface area contributed by atoms with E-state index >= 15 is 0 Å². The molecule has 0 aliphatic carbocycles. The van der Waals surface area contributed by atoms with Crippen LogP contribution in [-0.2, 0) is 4.74 Å². The summed E-state index contributed by atoms with van der Waals surface area (Å²) in [5, 5.41) is 0. The quantitative estimate of drug-likeness (QED) is 0.418. The molecule has 3 heteroatoms. The largest absolute Gasteiger partial charge is 0.487 e. The maximum atomic E-state index is 5.44. The smallest absolute Gasteiger partial charge is 0.170 e. The lowest BCUT2D eigenvalue weighted by Gasteiger charge is -2.09. The van der Waals surface area contributed by atoms with Crippen LogP contribution in [0.25, 0.3) is 0 Å². The average molecular weight is 116 g/mol. The molecular weight excluding hydrogens is 104 g/mol. The topological polar surface area (TPSA) is 47.6 Å². The van der Waals surface area contributed by atoms with Crippen molar-refractivity contribution in [3.05, 3.63) is 0 Å². The van der Waals surface area contributed by atoms with Crippen molar-refractivity contribution in [3.8, 4) is 0 Å². The van der Waals surface area contributed by atoms with Gasteiger partial charge < -0.3 is 10.5 Å². The van der Waals surface area contributed by atoms with Crippen molar-refractivity contribution in [2.24, 2.45) is 10.7 Å².